The quantitative estimate of drug-likeness (QED) is 0.144. The number of rotatable bonds is 12. The van der Waals surface area contributed by atoms with Gasteiger partial charge in [-0.3, -0.25) is 0 Å². The maximum absolute atomic E-state index is 13.7. The van der Waals surface area contributed by atoms with Crippen molar-refractivity contribution in [3.8, 4) is 0 Å². The van der Waals surface area contributed by atoms with Crippen LogP contribution in [-0.4, -0.2) is 78.9 Å². The molecule has 12 nitrogen and oxygen atoms in total. The summed E-state index contributed by atoms with van der Waals surface area (Å²) in [7, 11) is 0. The number of hydrogen-bond donors (Lipinski definition) is 1. The highest BCUT2D eigenvalue weighted by Crippen LogP contribution is 2.32. The number of hydrogen-bond acceptors (Lipinski definition) is 11. The molecule has 1 fully saturated rings. The second-order valence-corrected chi connectivity index (χ2v) is 12.4. The summed E-state index contributed by atoms with van der Waals surface area (Å²) in [5.74, 6) is -4.74. The molecule has 52 heavy (non-hydrogen) atoms. The molecule has 270 valence electrons. The zero-order chi connectivity index (χ0) is 37.4. The average Bonchev–Trinajstić information content (AvgIpc) is 3.12. The fourth-order valence-electron chi connectivity index (χ4n) is 5.28. The molecule has 4 aromatic rings. The van der Waals surface area contributed by atoms with Crippen molar-refractivity contribution < 1.29 is 57.5 Å². The van der Waals surface area contributed by atoms with Crippen LogP contribution in [0.25, 0.3) is 0 Å². The van der Waals surface area contributed by atoms with Crippen molar-refractivity contribution in [2.24, 2.45) is 0 Å². The average molecular weight is 711 g/mol. The molecule has 1 heterocycles. The van der Waals surface area contributed by atoms with E-state index in [1.807, 2.05) is 27.7 Å². The highest BCUT2D eigenvalue weighted by Gasteiger charge is 2.54. The summed E-state index contributed by atoms with van der Waals surface area (Å²) in [6.45, 7) is 5.89. The van der Waals surface area contributed by atoms with Crippen LogP contribution >= 0.6 is 0 Å². The van der Waals surface area contributed by atoms with E-state index in [9.17, 15) is 29.1 Å². The van der Waals surface area contributed by atoms with Crippen molar-refractivity contribution in [2.75, 3.05) is 13.2 Å². The molecule has 4 aromatic carbocycles. The number of benzene rings is 4. The van der Waals surface area contributed by atoms with Crippen LogP contribution < -0.4 is 0 Å². The molecule has 0 aromatic heterocycles. The minimum Gasteiger partial charge on any atom is -0.480 e. The van der Waals surface area contributed by atoms with Crippen molar-refractivity contribution in [1.82, 2.24) is 0 Å². The molecular formula is C40H38O12. The zero-order valence-electron chi connectivity index (χ0n) is 29.0. The van der Waals surface area contributed by atoms with E-state index >= 15 is 0 Å². The third-order valence-electron chi connectivity index (χ3n) is 8.22. The molecule has 0 bridgehead atoms. The molecule has 5 rings (SSSR count). The van der Waals surface area contributed by atoms with Gasteiger partial charge in [0.1, 0.15) is 19.3 Å². The van der Waals surface area contributed by atoms with Crippen LogP contribution in [0, 0.1) is 27.7 Å². The lowest BCUT2D eigenvalue weighted by Crippen LogP contribution is -2.63. The van der Waals surface area contributed by atoms with E-state index in [2.05, 4.69) is 0 Å². The summed E-state index contributed by atoms with van der Waals surface area (Å²) in [4.78, 5) is 65.6. The van der Waals surface area contributed by atoms with Crippen LogP contribution in [0.5, 0.6) is 0 Å². The molecule has 12 heteroatoms. The lowest BCUT2D eigenvalue weighted by molar-refractivity contribution is -0.297. The maximum Gasteiger partial charge on any atom is 0.338 e. The second-order valence-electron chi connectivity index (χ2n) is 12.4. The number of carboxylic acid groups (broad SMARTS) is 1. The number of ether oxygens (including phenoxy) is 6. The second kappa shape index (κ2) is 16.9. The van der Waals surface area contributed by atoms with Gasteiger partial charge in [0.25, 0.3) is 0 Å². The summed E-state index contributed by atoms with van der Waals surface area (Å²) in [6.07, 6.45) is -8.02. The summed E-state index contributed by atoms with van der Waals surface area (Å²) in [5.41, 5.74) is 4.14. The summed E-state index contributed by atoms with van der Waals surface area (Å²) < 4.78 is 35.1. The normalized spacial score (nSPS) is 19.6. The Morgan fingerprint density at radius 1 is 0.519 bits per heavy atom. The van der Waals surface area contributed by atoms with Gasteiger partial charge in [-0.25, -0.2) is 24.0 Å². The Hall–Kier alpha value is -5.85. The molecule has 1 saturated heterocycles. The molecule has 0 unspecified atom stereocenters. The Bertz CT molecular complexity index is 1880. The number of carboxylic acids is 1. The van der Waals surface area contributed by atoms with Gasteiger partial charge in [-0.2, -0.15) is 0 Å². The SMILES string of the molecule is Cc1ccc(C(=O)OC[C@H]2O[C@H](OCC(=O)O)[C@@H](OC(=O)c3ccc(C)cc3)[C@@H](OC(=O)c3ccc(C)cc3)[C@@H]2OC(=O)c2ccc(C)cc2)cc1. The van der Waals surface area contributed by atoms with Gasteiger partial charge >= 0.3 is 29.8 Å². The first-order chi connectivity index (χ1) is 24.9. The third-order valence-corrected chi connectivity index (χ3v) is 8.22. The molecule has 5 atom stereocenters. The van der Waals surface area contributed by atoms with Gasteiger partial charge in [-0.1, -0.05) is 70.8 Å². The predicted molar refractivity (Wildman–Crippen MR) is 185 cm³/mol. The molecule has 0 aliphatic carbocycles. The first-order valence-electron chi connectivity index (χ1n) is 16.4. The van der Waals surface area contributed by atoms with Crippen LogP contribution in [0.4, 0.5) is 0 Å². The van der Waals surface area contributed by atoms with Crippen molar-refractivity contribution >= 4 is 29.8 Å². The van der Waals surface area contributed by atoms with Gasteiger partial charge in [0.05, 0.1) is 22.3 Å². The maximum atomic E-state index is 13.7. The Labute approximate surface area is 300 Å². The lowest BCUT2D eigenvalue weighted by Gasteiger charge is -2.44. The Morgan fingerprint density at radius 2 is 0.865 bits per heavy atom. The highest BCUT2D eigenvalue weighted by molar-refractivity contribution is 5.92. The minimum absolute atomic E-state index is 0.119. The van der Waals surface area contributed by atoms with E-state index in [-0.39, 0.29) is 22.3 Å². The number of carbonyl (C=O) groups excluding carboxylic acids is 4. The van der Waals surface area contributed by atoms with Crippen LogP contribution in [0.1, 0.15) is 63.7 Å². The monoisotopic (exact) mass is 710 g/mol. The summed E-state index contributed by atoms with van der Waals surface area (Å²) >= 11 is 0. The van der Waals surface area contributed by atoms with Gasteiger partial charge in [0, 0.05) is 0 Å². The van der Waals surface area contributed by atoms with Crippen molar-refractivity contribution in [1.29, 1.82) is 0 Å². The molecular weight excluding hydrogens is 672 g/mol. The molecule has 0 spiro atoms. The van der Waals surface area contributed by atoms with E-state index in [4.69, 9.17) is 28.4 Å². The van der Waals surface area contributed by atoms with Crippen LogP contribution in [-0.2, 0) is 33.2 Å². The first kappa shape index (κ1) is 37.4. The van der Waals surface area contributed by atoms with Crippen molar-refractivity contribution in [3.63, 3.8) is 0 Å². The van der Waals surface area contributed by atoms with Gasteiger partial charge < -0.3 is 33.5 Å². The zero-order valence-corrected chi connectivity index (χ0v) is 29.0. The van der Waals surface area contributed by atoms with E-state index in [0.717, 1.165) is 22.3 Å². The van der Waals surface area contributed by atoms with Gasteiger partial charge in [-0.15, -0.1) is 0 Å². The predicted octanol–water partition coefficient (Wildman–Crippen LogP) is 5.58. The van der Waals surface area contributed by atoms with Crippen LogP contribution in [0.15, 0.2) is 97.1 Å². The van der Waals surface area contributed by atoms with E-state index in [0.29, 0.717) is 0 Å². The molecule has 0 amide bonds. The Morgan fingerprint density at radius 3 is 1.25 bits per heavy atom. The number of aryl methyl sites for hydroxylation is 4. The van der Waals surface area contributed by atoms with E-state index in [1.165, 1.54) is 36.4 Å². The Kier molecular flexibility index (Phi) is 12.2. The standard InChI is InChI=1S/C40H38O12/c1-23-5-13-27(14-6-23)36(43)47-21-31-33(50-37(44)28-15-7-24(2)8-16-28)34(51-38(45)29-17-9-25(3)10-18-29)35(40(49-31)48-22-32(41)42)52-39(46)30-19-11-26(4)12-20-30/h5-20,31,33-35,40H,21-22H2,1-4H3,(H,41,42)/t31-,33-,34+,35+,40+/m1/s1. The fourth-order valence-corrected chi connectivity index (χ4v) is 5.28. The molecule has 1 aliphatic heterocycles. The minimum atomic E-state index is -1.70. The summed E-state index contributed by atoms with van der Waals surface area (Å²) in [5, 5.41) is 9.49. The van der Waals surface area contributed by atoms with Gasteiger partial charge in [0.15, 0.2) is 24.6 Å². The van der Waals surface area contributed by atoms with Crippen LogP contribution in [0.2, 0.25) is 0 Å². The van der Waals surface area contributed by atoms with Crippen molar-refractivity contribution in [3.05, 3.63) is 142 Å². The molecule has 0 saturated carbocycles. The molecule has 1 aliphatic rings. The fraction of sp³-hybridized carbons (Fsp3) is 0.275. The summed E-state index contributed by atoms with van der Waals surface area (Å²) in [6, 6.07) is 25.9. The van der Waals surface area contributed by atoms with E-state index in [1.54, 1.807) is 60.7 Å². The molecule has 1 N–H and O–H groups in total. The first-order valence-corrected chi connectivity index (χ1v) is 16.4. The van der Waals surface area contributed by atoms with Crippen LogP contribution in [0.3, 0.4) is 0 Å². The Balaban J connectivity index is 1.56. The van der Waals surface area contributed by atoms with E-state index < -0.39 is 73.8 Å². The lowest BCUT2D eigenvalue weighted by atomic mass is 9.97. The number of aliphatic carboxylic acids is 1. The van der Waals surface area contributed by atoms with Crippen molar-refractivity contribution in [2.45, 2.75) is 58.4 Å². The van der Waals surface area contributed by atoms with Gasteiger partial charge in [0.2, 0.25) is 0 Å². The number of esters is 4. The smallest absolute Gasteiger partial charge is 0.338 e. The molecule has 0 radical (unpaired) electrons. The topological polar surface area (TPSA) is 161 Å². The number of carbonyl (C=O) groups is 5. The largest absolute Gasteiger partial charge is 0.480 e. The van der Waals surface area contributed by atoms with Gasteiger partial charge in [-0.05, 0) is 76.2 Å². The highest BCUT2D eigenvalue weighted by atomic mass is 16.7. The third kappa shape index (κ3) is 9.68.